The zero-order valence-corrected chi connectivity index (χ0v) is 15.3. The van der Waals surface area contributed by atoms with Crippen molar-refractivity contribution in [1.29, 1.82) is 0 Å². The lowest BCUT2D eigenvalue weighted by molar-refractivity contribution is -0.137. The van der Waals surface area contributed by atoms with Crippen molar-refractivity contribution in [2.45, 2.75) is 12.8 Å². The molecule has 0 spiro atoms. The number of thioether (sulfide) groups is 1. The number of aromatic nitrogens is 1. The molecule has 3 rings (SSSR count). The molecule has 0 bridgehead atoms. The van der Waals surface area contributed by atoms with Gasteiger partial charge < -0.3 is 5.11 Å². The zero-order valence-electron chi connectivity index (χ0n) is 12.9. The number of carbonyl (C=O) groups excluding carboxylic acids is 1. The lowest BCUT2D eigenvalue weighted by atomic mass is 10.2. The van der Waals surface area contributed by atoms with E-state index in [4.69, 9.17) is 28.9 Å². The van der Waals surface area contributed by atoms with Gasteiger partial charge in [-0.2, -0.15) is 0 Å². The van der Waals surface area contributed by atoms with E-state index >= 15 is 0 Å². The number of thiocarbonyl (C=S) groups is 1. The van der Waals surface area contributed by atoms with Crippen LogP contribution in [-0.4, -0.2) is 37.7 Å². The minimum Gasteiger partial charge on any atom is -0.481 e. The fraction of sp³-hybridized carbons (Fsp3) is 0.176. The predicted molar refractivity (Wildman–Crippen MR) is 104 cm³/mol. The van der Waals surface area contributed by atoms with Gasteiger partial charge in [-0.15, -0.1) is 0 Å². The number of rotatable bonds is 5. The number of benzene rings is 1. The highest BCUT2D eigenvalue weighted by molar-refractivity contribution is 8.26. The number of halogens is 1. The number of carboxylic acids is 1. The van der Waals surface area contributed by atoms with Crippen LogP contribution in [0.2, 0.25) is 5.02 Å². The van der Waals surface area contributed by atoms with Gasteiger partial charge in [0, 0.05) is 18.4 Å². The maximum atomic E-state index is 12.5. The number of hydrogen-bond acceptors (Lipinski definition) is 5. The van der Waals surface area contributed by atoms with Crippen LogP contribution in [-0.2, 0) is 9.59 Å². The summed E-state index contributed by atoms with van der Waals surface area (Å²) >= 11 is 12.6. The summed E-state index contributed by atoms with van der Waals surface area (Å²) in [4.78, 5) is 29.5. The van der Waals surface area contributed by atoms with Crippen LogP contribution in [0.4, 0.5) is 0 Å². The van der Waals surface area contributed by atoms with Crippen molar-refractivity contribution in [3.63, 3.8) is 0 Å². The van der Waals surface area contributed by atoms with Crippen LogP contribution in [0.3, 0.4) is 0 Å². The first-order chi connectivity index (χ1) is 12.0. The Balaban J connectivity index is 1.82. The number of carbonyl (C=O) groups is 2. The van der Waals surface area contributed by atoms with Crippen molar-refractivity contribution in [2.75, 3.05) is 6.54 Å². The number of hydrogen-bond donors (Lipinski definition) is 1. The van der Waals surface area contributed by atoms with Crippen LogP contribution in [0.15, 0.2) is 35.2 Å². The smallest absolute Gasteiger partial charge is 0.303 e. The van der Waals surface area contributed by atoms with Gasteiger partial charge in [0.2, 0.25) is 0 Å². The maximum absolute atomic E-state index is 12.5. The third-order valence-corrected chi connectivity index (χ3v) is 5.30. The van der Waals surface area contributed by atoms with E-state index in [1.54, 1.807) is 12.1 Å². The molecule has 1 aliphatic rings. The van der Waals surface area contributed by atoms with Crippen molar-refractivity contribution in [2.24, 2.45) is 0 Å². The summed E-state index contributed by atoms with van der Waals surface area (Å²) in [5.74, 6) is -1.11. The molecule has 128 valence electrons. The quantitative estimate of drug-likeness (QED) is 0.613. The van der Waals surface area contributed by atoms with E-state index in [9.17, 15) is 9.59 Å². The Morgan fingerprint density at radius 1 is 1.36 bits per heavy atom. The van der Waals surface area contributed by atoms with Crippen LogP contribution in [0.5, 0.6) is 0 Å². The summed E-state index contributed by atoms with van der Waals surface area (Å²) in [6.07, 6.45) is 2.04. The van der Waals surface area contributed by atoms with Crippen LogP contribution < -0.4 is 0 Å². The average molecular weight is 393 g/mol. The van der Waals surface area contributed by atoms with Gasteiger partial charge in [0.25, 0.3) is 5.91 Å². The number of carboxylic acid groups (broad SMARTS) is 1. The van der Waals surface area contributed by atoms with Crippen molar-refractivity contribution in [3.8, 4) is 0 Å². The number of fused-ring (bicyclic) bond motifs is 1. The fourth-order valence-electron chi connectivity index (χ4n) is 2.42. The highest BCUT2D eigenvalue weighted by Gasteiger charge is 2.31. The van der Waals surface area contributed by atoms with E-state index in [1.165, 1.54) is 16.7 Å². The molecule has 1 fully saturated rings. The van der Waals surface area contributed by atoms with Crippen molar-refractivity contribution in [1.82, 2.24) is 9.88 Å². The summed E-state index contributed by atoms with van der Waals surface area (Å²) < 4.78 is 0.431. The fourth-order valence-corrected chi connectivity index (χ4v) is 3.94. The summed E-state index contributed by atoms with van der Waals surface area (Å²) in [6, 6.07) is 9.25. The first-order valence-corrected chi connectivity index (χ1v) is 9.08. The van der Waals surface area contributed by atoms with Crippen molar-refractivity contribution in [3.05, 3.63) is 46.0 Å². The Bertz CT molecular complexity index is 914. The van der Waals surface area contributed by atoms with Crippen LogP contribution in [0, 0.1) is 0 Å². The van der Waals surface area contributed by atoms with Gasteiger partial charge in [-0.25, -0.2) is 4.98 Å². The molecule has 0 unspecified atom stereocenters. The largest absolute Gasteiger partial charge is 0.481 e. The van der Waals surface area contributed by atoms with Gasteiger partial charge in [0.1, 0.15) is 4.32 Å². The summed E-state index contributed by atoms with van der Waals surface area (Å²) in [6.45, 7) is 0.297. The second-order valence-electron chi connectivity index (χ2n) is 5.38. The number of nitrogens with zero attached hydrogens (tertiary/aromatic N) is 2. The first kappa shape index (κ1) is 17.8. The molecule has 1 aromatic heterocycles. The molecule has 1 aliphatic heterocycles. The Labute approximate surface area is 158 Å². The first-order valence-electron chi connectivity index (χ1n) is 7.48. The van der Waals surface area contributed by atoms with E-state index < -0.39 is 5.97 Å². The molecule has 0 saturated carbocycles. The molecule has 1 saturated heterocycles. The third-order valence-electron chi connectivity index (χ3n) is 3.62. The number of aliphatic carboxylic acids is 1. The van der Waals surface area contributed by atoms with Gasteiger partial charge in [-0.3, -0.25) is 14.5 Å². The van der Waals surface area contributed by atoms with E-state index in [-0.39, 0.29) is 12.3 Å². The second kappa shape index (κ2) is 7.51. The maximum Gasteiger partial charge on any atom is 0.303 e. The van der Waals surface area contributed by atoms with E-state index in [2.05, 4.69) is 4.98 Å². The minimum absolute atomic E-state index is 0.000830. The molecule has 2 aromatic rings. The van der Waals surface area contributed by atoms with E-state index in [1.807, 2.05) is 24.3 Å². The molecule has 1 N–H and O–H groups in total. The Kier molecular flexibility index (Phi) is 5.36. The summed E-state index contributed by atoms with van der Waals surface area (Å²) in [7, 11) is 0. The van der Waals surface area contributed by atoms with Gasteiger partial charge in [-0.05, 0) is 24.6 Å². The van der Waals surface area contributed by atoms with Crippen LogP contribution in [0.25, 0.3) is 17.0 Å². The lowest BCUT2D eigenvalue weighted by Crippen LogP contribution is -2.29. The van der Waals surface area contributed by atoms with Crippen LogP contribution in [0.1, 0.15) is 18.5 Å². The van der Waals surface area contributed by atoms with E-state index in [0.717, 1.165) is 5.39 Å². The molecule has 0 radical (unpaired) electrons. The van der Waals surface area contributed by atoms with Gasteiger partial charge in [-0.1, -0.05) is 53.8 Å². The van der Waals surface area contributed by atoms with Crippen molar-refractivity contribution >= 4 is 68.8 Å². The zero-order chi connectivity index (χ0) is 18.0. The van der Waals surface area contributed by atoms with Crippen molar-refractivity contribution < 1.29 is 14.7 Å². The number of para-hydroxylation sites is 1. The monoisotopic (exact) mass is 392 g/mol. The number of amides is 1. The third kappa shape index (κ3) is 4.00. The van der Waals surface area contributed by atoms with Crippen LogP contribution >= 0.6 is 35.6 Å². The summed E-state index contributed by atoms with van der Waals surface area (Å²) in [5.41, 5.74) is 1.29. The van der Waals surface area contributed by atoms with Gasteiger partial charge in [0.05, 0.1) is 21.1 Å². The normalized spacial score (nSPS) is 16.2. The molecular weight excluding hydrogens is 380 g/mol. The van der Waals surface area contributed by atoms with E-state index in [0.29, 0.717) is 38.4 Å². The van der Waals surface area contributed by atoms with Gasteiger partial charge in [0.15, 0.2) is 0 Å². The summed E-state index contributed by atoms with van der Waals surface area (Å²) in [5, 5.41) is 10.2. The molecule has 1 aromatic carbocycles. The predicted octanol–water partition coefficient (Wildman–Crippen LogP) is 3.95. The SMILES string of the molecule is O=C(O)CCCN1C(=O)C(=Cc2ccc3cccc(Cl)c3n2)SC1=S. The average Bonchev–Trinajstić information content (AvgIpc) is 2.83. The molecular formula is C17H13ClN2O3S2. The molecule has 0 aliphatic carbocycles. The Hall–Kier alpha value is -1.96. The molecule has 8 heteroatoms. The second-order valence-corrected chi connectivity index (χ2v) is 7.46. The number of pyridine rings is 1. The molecule has 1 amide bonds. The highest BCUT2D eigenvalue weighted by atomic mass is 35.5. The lowest BCUT2D eigenvalue weighted by Gasteiger charge is -2.13. The molecule has 25 heavy (non-hydrogen) atoms. The van der Waals surface area contributed by atoms with Gasteiger partial charge >= 0.3 is 5.97 Å². The minimum atomic E-state index is -0.891. The Morgan fingerprint density at radius 3 is 2.92 bits per heavy atom. The molecule has 2 heterocycles. The molecule has 5 nitrogen and oxygen atoms in total. The topological polar surface area (TPSA) is 70.5 Å². The highest BCUT2D eigenvalue weighted by Crippen LogP contribution is 2.33. The standard InChI is InChI=1S/C17H13ClN2O3S2/c18-12-4-1-3-10-6-7-11(19-15(10)12)9-13-16(23)20(17(24)25-13)8-2-5-14(21)22/h1,3-4,6-7,9H,2,5,8H2,(H,21,22). The molecule has 0 atom stereocenters. The Morgan fingerprint density at radius 2 is 2.16 bits per heavy atom.